The maximum atomic E-state index is 13.2. The monoisotopic (exact) mass is 572 g/mol. The minimum Gasteiger partial charge on any atom is -0.489 e. The predicted molar refractivity (Wildman–Crippen MR) is 140 cm³/mol. The largest absolute Gasteiger partial charge is 0.489 e. The van der Waals surface area contributed by atoms with Gasteiger partial charge in [0, 0.05) is 21.4 Å². The summed E-state index contributed by atoms with van der Waals surface area (Å²) in [5, 5.41) is -0.0752. The lowest BCUT2D eigenvalue weighted by Gasteiger charge is -2.22. The van der Waals surface area contributed by atoms with E-state index in [4.69, 9.17) is 32.7 Å². The van der Waals surface area contributed by atoms with Crippen LogP contribution >= 0.6 is 35.0 Å². The van der Waals surface area contributed by atoms with Crippen molar-refractivity contribution < 1.29 is 32.2 Å². The first-order valence-corrected chi connectivity index (χ1v) is 13.0. The third kappa shape index (κ3) is 9.05. The van der Waals surface area contributed by atoms with Gasteiger partial charge in [-0.2, -0.15) is 8.78 Å². The zero-order chi connectivity index (χ0) is 26.9. The Morgan fingerprint density at radius 3 is 2.46 bits per heavy atom. The van der Waals surface area contributed by atoms with Gasteiger partial charge in [-0.1, -0.05) is 48.0 Å². The number of hydrogen-bond donors (Lipinski definition) is 0. The molecule has 2 aromatic rings. The van der Waals surface area contributed by atoms with Crippen LogP contribution in [0.25, 0.3) is 0 Å². The van der Waals surface area contributed by atoms with Crippen molar-refractivity contribution >= 4 is 40.3 Å². The van der Waals surface area contributed by atoms with Crippen LogP contribution in [0.1, 0.15) is 37.9 Å². The van der Waals surface area contributed by atoms with Crippen LogP contribution in [0.15, 0.2) is 81.7 Å². The van der Waals surface area contributed by atoms with Crippen LogP contribution in [0.5, 0.6) is 11.5 Å². The van der Waals surface area contributed by atoms with Crippen molar-refractivity contribution in [2.24, 2.45) is 5.92 Å². The number of thioether (sulfide) groups is 1. The van der Waals surface area contributed by atoms with Crippen LogP contribution in [0.2, 0.25) is 0 Å². The number of allylic oxidation sites excluding steroid dienone is 4. The number of carbonyl (C=O) groups excluding carboxylic acids is 1. The lowest BCUT2D eigenvalue weighted by Crippen LogP contribution is -2.11. The van der Waals surface area contributed by atoms with E-state index in [9.17, 15) is 18.0 Å². The van der Waals surface area contributed by atoms with E-state index in [0.717, 1.165) is 24.6 Å². The van der Waals surface area contributed by atoms with Crippen molar-refractivity contribution in [3.8, 4) is 11.5 Å². The highest BCUT2D eigenvalue weighted by Crippen LogP contribution is 2.40. The number of halogens is 5. The fourth-order valence-corrected chi connectivity index (χ4v) is 4.32. The summed E-state index contributed by atoms with van der Waals surface area (Å²) >= 11 is 13.5. The molecule has 0 unspecified atom stereocenters. The molecule has 198 valence electrons. The molecule has 0 N–H and O–H groups in total. The third-order valence-electron chi connectivity index (χ3n) is 5.38. The fraction of sp³-hybridized carbons (Fsp3) is 0.296. The Balaban J connectivity index is 1.94. The summed E-state index contributed by atoms with van der Waals surface area (Å²) in [7, 11) is 0. The highest BCUT2D eigenvalue weighted by molar-refractivity contribution is 8.13. The van der Waals surface area contributed by atoms with Crippen LogP contribution < -0.4 is 9.47 Å². The van der Waals surface area contributed by atoms with Crippen molar-refractivity contribution in [1.82, 2.24) is 0 Å². The molecule has 0 radical (unpaired) electrons. The van der Waals surface area contributed by atoms with Crippen molar-refractivity contribution in [1.29, 1.82) is 0 Å². The summed E-state index contributed by atoms with van der Waals surface area (Å²) < 4.78 is 55.4. The molecule has 2 aromatic carbocycles. The first-order valence-electron chi connectivity index (χ1n) is 11.4. The molecular formula is C27H25Cl2F3O4S. The lowest BCUT2D eigenvalue weighted by molar-refractivity contribution is -0.0515. The Bertz CT molecular complexity index is 1160. The Morgan fingerprint density at radius 1 is 1.16 bits per heavy atom. The average molecular weight is 573 g/mol. The Morgan fingerprint density at radius 2 is 1.86 bits per heavy atom. The molecule has 0 bridgehead atoms. The molecular weight excluding hydrogens is 548 g/mol. The molecule has 0 heterocycles. The van der Waals surface area contributed by atoms with Gasteiger partial charge < -0.3 is 14.2 Å². The summed E-state index contributed by atoms with van der Waals surface area (Å²) in [5.41, 5.74) is 0.922. The second-order valence-corrected chi connectivity index (χ2v) is 9.95. The number of rotatable bonds is 12. The van der Waals surface area contributed by atoms with Gasteiger partial charge in [0.1, 0.15) is 11.9 Å². The topological polar surface area (TPSA) is 44.8 Å². The molecule has 3 rings (SSSR count). The van der Waals surface area contributed by atoms with E-state index in [1.54, 1.807) is 13.0 Å². The van der Waals surface area contributed by atoms with Gasteiger partial charge in [0.15, 0.2) is 11.5 Å². The highest BCUT2D eigenvalue weighted by atomic mass is 35.5. The summed E-state index contributed by atoms with van der Waals surface area (Å²) in [6, 6.07) is 9.71. The minimum atomic E-state index is -3.04. The maximum absolute atomic E-state index is 13.2. The first-order chi connectivity index (χ1) is 17.7. The number of benzene rings is 2. The van der Waals surface area contributed by atoms with E-state index in [1.165, 1.54) is 48.5 Å². The smallest absolute Gasteiger partial charge is 0.387 e. The van der Waals surface area contributed by atoms with Gasteiger partial charge in [-0.15, -0.1) is 0 Å². The number of hydrogen-bond acceptors (Lipinski definition) is 5. The van der Waals surface area contributed by atoms with Gasteiger partial charge in [-0.05, 0) is 85.0 Å². The van der Waals surface area contributed by atoms with Crippen molar-refractivity contribution in [2.75, 3.05) is 6.61 Å². The molecule has 0 amide bonds. The third-order valence-corrected chi connectivity index (χ3v) is 6.98. The molecule has 4 nitrogen and oxygen atoms in total. The minimum absolute atomic E-state index is 0.0564. The second kappa shape index (κ2) is 13.8. The molecule has 1 fully saturated rings. The molecule has 0 saturated heterocycles. The summed E-state index contributed by atoms with van der Waals surface area (Å²) in [4.78, 5) is 13.3. The van der Waals surface area contributed by atoms with Crippen LogP contribution in [0.4, 0.5) is 18.0 Å². The van der Waals surface area contributed by atoms with E-state index in [0.29, 0.717) is 33.6 Å². The standard InChI is InChI=1S/C27H25Cl2F3O4S/c1-3-21(28)20(22(29)4-2)14-24(36-27(33)37-19-10-8-18(30)9-11-19)17-7-12-23(35-26(31)32)25(13-17)34-15-16-5-6-16/h3-4,7-13,16,24,26H,1,5-6,14-15H2,2H3/b21-20+,22-4+/t24-/m0/s1. The summed E-state index contributed by atoms with van der Waals surface area (Å²) in [5.74, 6) is -0.0977. The molecule has 1 saturated carbocycles. The van der Waals surface area contributed by atoms with E-state index in [-0.39, 0.29) is 23.0 Å². The number of ether oxygens (including phenoxy) is 3. The summed E-state index contributed by atoms with van der Waals surface area (Å²) in [6.07, 6.45) is 4.18. The molecule has 0 aromatic heterocycles. The Kier molecular flexibility index (Phi) is 10.9. The number of alkyl halides is 2. The van der Waals surface area contributed by atoms with Gasteiger partial charge in [0.2, 0.25) is 0 Å². The lowest BCUT2D eigenvalue weighted by atomic mass is 9.99. The first kappa shape index (κ1) is 29.0. The second-order valence-electron chi connectivity index (χ2n) is 8.12. The molecule has 1 aliphatic rings. The van der Waals surface area contributed by atoms with Crippen LogP contribution in [-0.2, 0) is 4.74 Å². The van der Waals surface area contributed by atoms with E-state index >= 15 is 0 Å². The molecule has 0 aliphatic heterocycles. The molecule has 37 heavy (non-hydrogen) atoms. The molecule has 1 atom stereocenters. The fourth-order valence-electron chi connectivity index (χ4n) is 3.28. The zero-order valence-corrected chi connectivity index (χ0v) is 22.2. The molecule has 0 spiro atoms. The SMILES string of the molecule is C=C/C(Cl)=C(C[C@H](OC(=O)Sc1ccc(F)cc1)c1ccc(OC(F)F)c(OCC2CC2)c1)\C(Cl)=C/C. The van der Waals surface area contributed by atoms with Crippen molar-refractivity contribution in [2.45, 2.75) is 43.8 Å². The van der Waals surface area contributed by atoms with Gasteiger partial charge in [-0.3, -0.25) is 0 Å². The zero-order valence-electron chi connectivity index (χ0n) is 19.9. The Labute approximate surface area is 228 Å². The van der Waals surface area contributed by atoms with Crippen LogP contribution in [-0.4, -0.2) is 18.5 Å². The average Bonchev–Trinajstić information content (AvgIpc) is 3.70. The van der Waals surface area contributed by atoms with Crippen LogP contribution in [0.3, 0.4) is 0 Å². The van der Waals surface area contributed by atoms with Crippen molar-refractivity contribution in [3.05, 3.63) is 88.2 Å². The van der Waals surface area contributed by atoms with Crippen LogP contribution in [0, 0.1) is 11.7 Å². The van der Waals surface area contributed by atoms with E-state index in [2.05, 4.69) is 11.3 Å². The van der Waals surface area contributed by atoms with E-state index in [1.807, 2.05) is 0 Å². The normalized spacial score (nSPS) is 15.2. The van der Waals surface area contributed by atoms with Gasteiger partial charge >= 0.3 is 11.9 Å². The molecule has 1 aliphatic carbocycles. The Hall–Kier alpha value is -2.55. The van der Waals surface area contributed by atoms with Gasteiger partial charge in [0.25, 0.3) is 0 Å². The quantitative estimate of drug-likeness (QED) is 0.144. The van der Waals surface area contributed by atoms with Gasteiger partial charge in [0.05, 0.1) is 6.61 Å². The number of carbonyl (C=O) groups is 1. The van der Waals surface area contributed by atoms with Gasteiger partial charge in [-0.25, -0.2) is 9.18 Å². The summed E-state index contributed by atoms with van der Waals surface area (Å²) in [6.45, 7) is 2.72. The molecule has 10 heteroatoms. The van der Waals surface area contributed by atoms with E-state index < -0.39 is 23.8 Å². The predicted octanol–water partition coefficient (Wildman–Crippen LogP) is 9.40. The highest BCUT2D eigenvalue weighted by Gasteiger charge is 2.26. The maximum Gasteiger partial charge on any atom is 0.387 e. The van der Waals surface area contributed by atoms with Crippen molar-refractivity contribution in [3.63, 3.8) is 0 Å².